The summed E-state index contributed by atoms with van der Waals surface area (Å²) in [5.41, 5.74) is 0.998. The number of nitrogens with zero attached hydrogens (tertiary/aromatic N) is 5. The first-order valence-electron chi connectivity index (χ1n) is 8.66. The second-order valence-corrected chi connectivity index (χ2v) is 7.23. The summed E-state index contributed by atoms with van der Waals surface area (Å²) < 4.78 is 10.6. The number of methoxy groups -OCH3 is 1. The second kappa shape index (κ2) is 9.63. The predicted octanol–water partition coefficient (Wildman–Crippen LogP) is 2.61. The third kappa shape index (κ3) is 5.50. The van der Waals surface area contributed by atoms with Crippen LogP contribution < -0.4 is 5.32 Å². The third-order valence-electron chi connectivity index (χ3n) is 3.87. The maximum absolute atomic E-state index is 5.31. The highest BCUT2D eigenvalue weighted by Gasteiger charge is 2.13. The summed E-state index contributed by atoms with van der Waals surface area (Å²) in [7, 11) is 5.44. The van der Waals surface area contributed by atoms with Crippen molar-refractivity contribution in [3.8, 4) is 0 Å². The number of nitrogens with one attached hydrogen (secondary N) is 1. The zero-order valence-corrected chi connectivity index (χ0v) is 17.1. The molecular formula is C17H28N6O2S. The molecule has 0 bridgehead atoms. The fourth-order valence-corrected chi connectivity index (χ4v) is 3.11. The minimum Gasteiger partial charge on any atom is -0.375 e. The summed E-state index contributed by atoms with van der Waals surface area (Å²) in [6.45, 7) is 7.42. The van der Waals surface area contributed by atoms with Crippen LogP contribution in [0, 0.1) is 0 Å². The quantitative estimate of drug-likeness (QED) is 0.556. The van der Waals surface area contributed by atoms with Gasteiger partial charge in [0.15, 0.2) is 11.8 Å². The minimum atomic E-state index is 0.0154. The van der Waals surface area contributed by atoms with Gasteiger partial charge in [0.25, 0.3) is 0 Å². The zero-order chi connectivity index (χ0) is 19.1. The smallest absolute Gasteiger partial charge is 0.228 e. The van der Waals surface area contributed by atoms with Crippen LogP contribution in [-0.4, -0.2) is 53.7 Å². The van der Waals surface area contributed by atoms with Gasteiger partial charge in [0.2, 0.25) is 5.89 Å². The Morgan fingerprint density at radius 3 is 2.77 bits per heavy atom. The van der Waals surface area contributed by atoms with Gasteiger partial charge in [0, 0.05) is 45.5 Å². The van der Waals surface area contributed by atoms with Crippen LogP contribution in [0.5, 0.6) is 0 Å². The van der Waals surface area contributed by atoms with E-state index in [2.05, 4.69) is 30.8 Å². The first-order valence-corrected chi connectivity index (χ1v) is 9.53. The third-order valence-corrected chi connectivity index (χ3v) is 4.92. The lowest BCUT2D eigenvalue weighted by Gasteiger charge is -2.20. The maximum atomic E-state index is 5.31. The maximum Gasteiger partial charge on any atom is 0.228 e. The Balaban J connectivity index is 1.84. The number of thiazole rings is 1. The van der Waals surface area contributed by atoms with Gasteiger partial charge in [-0.25, -0.2) is 4.98 Å². The first-order chi connectivity index (χ1) is 12.4. The largest absolute Gasteiger partial charge is 0.375 e. The molecular weight excluding hydrogens is 352 g/mol. The monoisotopic (exact) mass is 380 g/mol. The SMILES string of the molecule is CN=C(NCCc1nc(C(C)C)no1)N(C)Cc1csc(C(C)OC)n1. The van der Waals surface area contributed by atoms with Crippen LogP contribution in [0.25, 0.3) is 0 Å². The van der Waals surface area contributed by atoms with Crippen LogP contribution in [-0.2, 0) is 17.7 Å². The van der Waals surface area contributed by atoms with Crippen molar-refractivity contribution in [2.45, 2.75) is 45.8 Å². The normalized spacial score (nSPS) is 13.3. The van der Waals surface area contributed by atoms with Gasteiger partial charge in [0.05, 0.1) is 12.2 Å². The van der Waals surface area contributed by atoms with E-state index in [-0.39, 0.29) is 12.0 Å². The van der Waals surface area contributed by atoms with E-state index >= 15 is 0 Å². The van der Waals surface area contributed by atoms with E-state index in [1.54, 1.807) is 25.5 Å². The Morgan fingerprint density at radius 2 is 2.15 bits per heavy atom. The van der Waals surface area contributed by atoms with Crippen molar-refractivity contribution in [2.75, 3.05) is 27.7 Å². The predicted molar refractivity (Wildman–Crippen MR) is 102 cm³/mol. The molecule has 0 saturated carbocycles. The van der Waals surface area contributed by atoms with E-state index in [0.717, 1.165) is 22.5 Å². The summed E-state index contributed by atoms with van der Waals surface area (Å²) in [5.74, 6) is 2.44. The molecule has 26 heavy (non-hydrogen) atoms. The molecule has 2 aromatic heterocycles. The molecule has 8 nitrogen and oxygen atoms in total. The van der Waals surface area contributed by atoms with Crippen LogP contribution >= 0.6 is 11.3 Å². The number of ether oxygens (including phenoxy) is 1. The van der Waals surface area contributed by atoms with Gasteiger partial charge in [0.1, 0.15) is 11.1 Å². The number of aromatic nitrogens is 3. The van der Waals surface area contributed by atoms with Gasteiger partial charge in [-0.1, -0.05) is 19.0 Å². The molecule has 0 aliphatic rings. The Hall–Kier alpha value is -2.00. The average molecular weight is 381 g/mol. The number of hydrogen-bond acceptors (Lipinski definition) is 7. The van der Waals surface area contributed by atoms with Crippen molar-refractivity contribution < 1.29 is 9.26 Å². The molecule has 0 saturated heterocycles. The van der Waals surface area contributed by atoms with Gasteiger partial charge in [-0.15, -0.1) is 11.3 Å². The summed E-state index contributed by atoms with van der Waals surface area (Å²) in [6.07, 6.45) is 0.667. The van der Waals surface area contributed by atoms with Crippen LogP contribution in [0.3, 0.4) is 0 Å². The van der Waals surface area contributed by atoms with Gasteiger partial charge in [-0.2, -0.15) is 4.98 Å². The van der Waals surface area contributed by atoms with Gasteiger partial charge in [-0.3, -0.25) is 4.99 Å². The number of rotatable bonds is 8. The van der Waals surface area contributed by atoms with E-state index in [0.29, 0.717) is 25.4 Å². The molecule has 0 fully saturated rings. The molecule has 1 N–H and O–H groups in total. The number of aliphatic imine (C=N–C) groups is 1. The van der Waals surface area contributed by atoms with Gasteiger partial charge >= 0.3 is 0 Å². The standard InChI is InChI=1S/C17H28N6O2S/c1-11(2)15-21-14(25-22-15)7-8-19-17(18-4)23(5)9-13-10-26-16(20-13)12(3)24-6/h10-12H,7-9H2,1-6H3,(H,18,19). The fraction of sp³-hybridized carbons (Fsp3) is 0.647. The second-order valence-electron chi connectivity index (χ2n) is 6.34. The summed E-state index contributed by atoms with van der Waals surface area (Å²) in [6, 6.07) is 0. The van der Waals surface area contributed by atoms with E-state index in [1.165, 1.54) is 0 Å². The van der Waals surface area contributed by atoms with Crippen LogP contribution in [0.4, 0.5) is 0 Å². The van der Waals surface area contributed by atoms with Crippen LogP contribution in [0.2, 0.25) is 0 Å². The lowest BCUT2D eigenvalue weighted by atomic mass is 10.2. The van der Waals surface area contributed by atoms with E-state index in [4.69, 9.17) is 9.26 Å². The highest BCUT2D eigenvalue weighted by atomic mass is 32.1. The van der Waals surface area contributed by atoms with E-state index in [9.17, 15) is 0 Å². The topological polar surface area (TPSA) is 88.7 Å². The highest BCUT2D eigenvalue weighted by molar-refractivity contribution is 7.09. The molecule has 144 valence electrons. The van der Waals surface area contributed by atoms with Gasteiger partial charge < -0.3 is 19.5 Å². The van der Waals surface area contributed by atoms with Gasteiger partial charge in [-0.05, 0) is 6.92 Å². The Labute approximate surface area is 158 Å². The summed E-state index contributed by atoms with van der Waals surface area (Å²) in [4.78, 5) is 15.4. The lowest BCUT2D eigenvalue weighted by molar-refractivity contribution is 0.119. The Morgan fingerprint density at radius 1 is 1.38 bits per heavy atom. The molecule has 2 aromatic rings. The minimum absolute atomic E-state index is 0.0154. The van der Waals surface area contributed by atoms with Crippen molar-refractivity contribution in [3.63, 3.8) is 0 Å². The lowest BCUT2D eigenvalue weighted by Crippen LogP contribution is -2.39. The molecule has 2 heterocycles. The van der Waals surface area contributed by atoms with Crippen LogP contribution in [0.15, 0.2) is 14.9 Å². The fourth-order valence-electron chi connectivity index (χ4n) is 2.27. The molecule has 0 spiro atoms. The molecule has 2 rings (SSSR count). The first kappa shape index (κ1) is 20.3. The molecule has 1 atom stereocenters. The molecule has 0 radical (unpaired) electrons. The molecule has 1 unspecified atom stereocenters. The molecule has 0 amide bonds. The van der Waals surface area contributed by atoms with Crippen LogP contribution in [0.1, 0.15) is 55.2 Å². The number of hydrogen-bond donors (Lipinski definition) is 1. The zero-order valence-electron chi connectivity index (χ0n) is 16.3. The average Bonchev–Trinajstić information content (AvgIpc) is 3.27. The van der Waals surface area contributed by atoms with E-state index < -0.39 is 0 Å². The Kier molecular flexibility index (Phi) is 7.52. The molecule has 0 aliphatic carbocycles. The van der Waals surface area contributed by atoms with Crippen molar-refractivity contribution in [1.82, 2.24) is 25.3 Å². The van der Waals surface area contributed by atoms with Crippen molar-refractivity contribution in [3.05, 3.63) is 27.8 Å². The molecule has 9 heteroatoms. The molecule has 0 aromatic carbocycles. The van der Waals surface area contributed by atoms with Crippen molar-refractivity contribution in [2.24, 2.45) is 4.99 Å². The van der Waals surface area contributed by atoms with Crippen molar-refractivity contribution in [1.29, 1.82) is 0 Å². The van der Waals surface area contributed by atoms with E-state index in [1.807, 2.05) is 32.7 Å². The highest BCUT2D eigenvalue weighted by Crippen LogP contribution is 2.20. The molecule has 0 aliphatic heterocycles. The Bertz CT molecular complexity index is 712. The number of guanidine groups is 1. The van der Waals surface area contributed by atoms with Crippen molar-refractivity contribution >= 4 is 17.3 Å². The summed E-state index contributed by atoms with van der Waals surface area (Å²) >= 11 is 1.61. The summed E-state index contributed by atoms with van der Waals surface area (Å²) in [5, 5.41) is 10.3.